The van der Waals surface area contributed by atoms with Gasteiger partial charge in [0.05, 0.1) is 11.7 Å². The molecule has 2 rings (SSSR count). The van der Waals surface area contributed by atoms with E-state index in [0.29, 0.717) is 12.2 Å². The largest absolute Gasteiger partial charge is 0.459 e. The molecule has 74 valence electrons. The number of ether oxygens (including phenoxy) is 2. The molecule has 0 aromatic heterocycles. The second-order valence-electron chi connectivity index (χ2n) is 3.34. The molecule has 1 aliphatic rings. The third-order valence-electron chi connectivity index (χ3n) is 2.22. The summed E-state index contributed by atoms with van der Waals surface area (Å²) in [7, 11) is 0. The lowest BCUT2D eigenvalue weighted by Gasteiger charge is -2.01. The standard InChI is InChI=1S/C11H12O3/c1-8-10(14-8)7-13-11(12)9-5-3-2-4-6-9/h2-6,8,10H,7H2,1H3/t8-,10+/m1/s1. The smallest absolute Gasteiger partial charge is 0.338 e. The maximum absolute atomic E-state index is 11.4. The molecule has 0 unspecified atom stereocenters. The van der Waals surface area contributed by atoms with E-state index in [0.717, 1.165) is 0 Å². The Kier molecular flexibility index (Phi) is 2.50. The van der Waals surface area contributed by atoms with E-state index in [1.54, 1.807) is 12.1 Å². The van der Waals surface area contributed by atoms with Crippen LogP contribution in [0.1, 0.15) is 17.3 Å². The Balaban J connectivity index is 1.84. The summed E-state index contributed by atoms with van der Waals surface area (Å²) in [6.07, 6.45) is 0.334. The third kappa shape index (κ3) is 2.12. The van der Waals surface area contributed by atoms with E-state index in [2.05, 4.69) is 0 Å². The molecule has 1 aromatic carbocycles. The van der Waals surface area contributed by atoms with Gasteiger partial charge in [-0.15, -0.1) is 0 Å². The third-order valence-corrected chi connectivity index (χ3v) is 2.22. The first-order chi connectivity index (χ1) is 6.77. The van der Waals surface area contributed by atoms with Crippen LogP contribution in [-0.4, -0.2) is 24.8 Å². The highest BCUT2D eigenvalue weighted by molar-refractivity contribution is 5.89. The lowest BCUT2D eigenvalue weighted by atomic mass is 10.2. The van der Waals surface area contributed by atoms with Gasteiger partial charge in [-0.25, -0.2) is 4.79 Å². The SMILES string of the molecule is C[C@H]1O[C@H]1COC(=O)c1ccccc1. The van der Waals surface area contributed by atoms with E-state index in [1.807, 2.05) is 25.1 Å². The van der Waals surface area contributed by atoms with Crippen LogP contribution in [0.25, 0.3) is 0 Å². The molecule has 1 heterocycles. The van der Waals surface area contributed by atoms with Gasteiger partial charge in [-0.05, 0) is 19.1 Å². The predicted molar refractivity (Wildman–Crippen MR) is 51.1 cm³/mol. The van der Waals surface area contributed by atoms with Crippen LogP contribution in [-0.2, 0) is 9.47 Å². The molecule has 3 heteroatoms. The van der Waals surface area contributed by atoms with Crippen LogP contribution in [0.2, 0.25) is 0 Å². The van der Waals surface area contributed by atoms with Crippen LogP contribution in [0, 0.1) is 0 Å². The summed E-state index contributed by atoms with van der Waals surface area (Å²) in [4.78, 5) is 11.4. The molecular weight excluding hydrogens is 180 g/mol. The number of carbonyl (C=O) groups excluding carboxylic acids is 1. The van der Waals surface area contributed by atoms with Crippen LogP contribution in [0.3, 0.4) is 0 Å². The fraction of sp³-hybridized carbons (Fsp3) is 0.364. The fourth-order valence-electron chi connectivity index (χ4n) is 1.22. The van der Waals surface area contributed by atoms with Crippen molar-refractivity contribution < 1.29 is 14.3 Å². The first kappa shape index (κ1) is 9.21. The molecule has 0 amide bonds. The van der Waals surface area contributed by atoms with Crippen molar-refractivity contribution in [3.63, 3.8) is 0 Å². The van der Waals surface area contributed by atoms with E-state index in [9.17, 15) is 4.79 Å². The number of esters is 1. The second-order valence-corrected chi connectivity index (χ2v) is 3.34. The van der Waals surface area contributed by atoms with Crippen molar-refractivity contribution in [2.24, 2.45) is 0 Å². The van der Waals surface area contributed by atoms with E-state index in [4.69, 9.17) is 9.47 Å². The highest BCUT2D eigenvalue weighted by atomic mass is 16.6. The number of hydrogen-bond acceptors (Lipinski definition) is 3. The summed E-state index contributed by atoms with van der Waals surface area (Å²) in [5, 5.41) is 0. The van der Waals surface area contributed by atoms with Gasteiger partial charge in [0.1, 0.15) is 12.7 Å². The lowest BCUT2D eigenvalue weighted by Crippen LogP contribution is -2.10. The Morgan fingerprint density at radius 2 is 2.07 bits per heavy atom. The Labute approximate surface area is 82.6 Å². The Bertz CT molecular complexity index is 321. The van der Waals surface area contributed by atoms with Crippen LogP contribution in [0.15, 0.2) is 30.3 Å². The van der Waals surface area contributed by atoms with Crippen molar-refractivity contribution in [3.05, 3.63) is 35.9 Å². The molecule has 1 aromatic rings. The van der Waals surface area contributed by atoms with Crippen molar-refractivity contribution in [3.8, 4) is 0 Å². The number of carbonyl (C=O) groups is 1. The van der Waals surface area contributed by atoms with Gasteiger partial charge in [0.25, 0.3) is 0 Å². The Hall–Kier alpha value is -1.35. The number of epoxide rings is 1. The maximum Gasteiger partial charge on any atom is 0.338 e. The molecule has 0 saturated carbocycles. The highest BCUT2D eigenvalue weighted by Gasteiger charge is 2.35. The molecule has 0 spiro atoms. The van der Waals surface area contributed by atoms with E-state index >= 15 is 0 Å². The Morgan fingerprint density at radius 3 is 2.64 bits per heavy atom. The number of benzene rings is 1. The predicted octanol–water partition coefficient (Wildman–Crippen LogP) is 1.63. The topological polar surface area (TPSA) is 38.8 Å². The normalized spacial score (nSPS) is 24.4. The van der Waals surface area contributed by atoms with Crippen molar-refractivity contribution in [2.75, 3.05) is 6.61 Å². The second kappa shape index (κ2) is 3.80. The van der Waals surface area contributed by atoms with Gasteiger partial charge in [0, 0.05) is 0 Å². The van der Waals surface area contributed by atoms with Gasteiger partial charge >= 0.3 is 5.97 Å². The van der Waals surface area contributed by atoms with Crippen LogP contribution < -0.4 is 0 Å². The van der Waals surface area contributed by atoms with Gasteiger partial charge < -0.3 is 9.47 Å². The summed E-state index contributed by atoms with van der Waals surface area (Å²) in [5.41, 5.74) is 0.584. The average Bonchev–Trinajstić information content (AvgIpc) is 2.92. The zero-order valence-electron chi connectivity index (χ0n) is 7.97. The molecule has 3 nitrogen and oxygen atoms in total. The van der Waals surface area contributed by atoms with E-state index in [-0.39, 0.29) is 18.2 Å². The first-order valence-corrected chi connectivity index (χ1v) is 4.65. The van der Waals surface area contributed by atoms with Gasteiger partial charge in [-0.1, -0.05) is 18.2 Å². The number of rotatable bonds is 3. The molecule has 0 radical (unpaired) electrons. The average molecular weight is 192 g/mol. The molecule has 1 fully saturated rings. The summed E-state index contributed by atoms with van der Waals surface area (Å²) < 4.78 is 10.2. The fourth-order valence-corrected chi connectivity index (χ4v) is 1.22. The lowest BCUT2D eigenvalue weighted by molar-refractivity contribution is 0.0476. The summed E-state index contributed by atoms with van der Waals surface area (Å²) >= 11 is 0. The minimum atomic E-state index is -0.284. The van der Waals surface area contributed by atoms with Crippen molar-refractivity contribution >= 4 is 5.97 Å². The number of hydrogen-bond donors (Lipinski definition) is 0. The molecule has 0 aliphatic carbocycles. The van der Waals surface area contributed by atoms with Crippen LogP contribution >= 0.6 is 0 Å². The molecule has 1 aliphatic heterocycles. The monoisotopic (exact) mass is 192 g/mol. The van der Waals surface area contributed by atoms with Crippen molar-refractivity contribution in [2.45, 2.75) is 19.1 Å². The molecule has 1 saturated heterocycles. The molecule has 0 bridgehead atoms. The summed E-state index contributed by atoms with van der Waals surface area (Å²) in [5.74, 6) is -0.284. The summed E-state index contributed by atoms with van der Waals surface area (Å²) in [6.45, 7) is 2.32. The molecular formula is C11H12O3. The van der Waals surface area contributed by atoms with Gasteiger partial charge in [0.2, 0.25) is 0 Å². The molecule has 2 atom stereocenters. The zero-order valence-corrected chi connectivity index (χ0v) is 7.97. The Morgan fingerprint density at radius 1 is 1.43 bits per heavy atom. The van der Waals surface area contributed by atoms with Gasteiger partial charge in [0.15, 0.2) is 0 Å². The molecule has 0 N–H and O–H groups in total. The van der Waals surface area contributed by atoms with E-state index in [1.165, 1.54) is 0 Å². The van der Waals surface area contributed by atoms with E-state index < -0.39 is 0 Å². The van der Waals surface area contributed by atoms with Crippen LogP contribution in [0.4, 0.5) is 0 Å². The van der Waals surface area contributed by atoms with Crippen molar-refractivity contribution in [1.29, 1.82) is 0 Å². The maximum atomic E-state index is 11.4. The van der Waals surface area contributed by atoms with Gasteiger partial charge in [-0.3, -0.25) is 0 Å². The quantitative estimate of drug-likeness (QED) is 0.539. The molecule has 14 heavy (non-hydrogen) atoms. The minimum absolute atomic E-state index is 0.0997. The summed E-state index contributed by atoms with van der Waals surface area (Å²) in [6, 6.07) is 8.96. The first-order valence-electron chi connectivity index (χ1n) is 4.65. The van der Waals surface area contributed by atoms with Crippen LogP contribution in [0.5, 0.6) is 0 Å². The zero-order chi connectivity index (χ0) is 9.97. The van der Waals surface area contributed by atoms with Crippen molar-refractivity contribution in [1.82, 2.24) is 0 Å². The van der Waals surface area contributed by atoms with Gasteiger partial charge in [-0.2, -0.15) is 0 Å². The minimum Gasteiger partial charge on any atom is -0.459 e. The highest BCUT2D eigenvalue weighted by Crippen LogP contribution is 2.21.